The average Bonchev–Trinajstić information content (AvgIpc) is 2.72. The van der Waals surface area contributed by atoms with Gasteiger partial charge < -0.3 is 5.32 Å². The van der Waals surface area contributed by atoms with E-state index in [1.807, 2.05) is 12.1 Å². The van der Waals surface area contributed by atoms with Gasteiger partial charge in [-0.05, 0) is 57.4 Å². The van der Waals surface area contributed by atoms with E-state index in [4.69, 9.17) is 0 Å². The molecule has 1 N–H and O–H groups in total. The van der Waals surface area contributed by atoms with E-state index in [1.165, 1.54) is 24.8 Å². The van der Waals surface area contributed by atoms with Crippen LogP contribution in [-0.4, -0.2) is 54.5 Å². The van der Waals surface area contributed by atoms with Gasteiger partial charge >= 0.3 is 0 Å². The van der Waals surface area contributed by atoms with E-state index < -0.39 is 0 Å². The van der Waals surface area contributed by atoms with E-state index in [-0.39, 0.29) is 5.91 Å². The molecule has 0 aromatic heterocycles. The van der Waals surface area contributed by atoms with E-state index in [0.29, 0.717) is 12.6 Å². The van der Waals surface area contributed by atoms with Crippen molar-refractivity contribution in [1.82, 2.24) is 9.80 Å². The van der Waals surface area contributed by atoms with E-state index in [0.717, 1.165) is 30.4 Å². The summed E-state index contributed by atoms with van der Waals surface area (Å²) < 4.78 is 0. The first kappa shape index (κ1) is 15.5. The molecule has 2 fully saturated rings. The summed E-state index contributed by atoms with van der Waals surface area (Å²) in [6, 6.07) is 7.40. The zero-order chi connectivity index (χ0) is 15.7. The lowest BCUT2D eigenvalue weighted by Crippen LogP contribution is -2.40. The number of likely N-dealkylation sites (tertiary alicyclic amines) is 1. The Bertz CT molecular complexity index is 557. The molecule has 2 aliphatic heterocycles. The predicted molar refractivity (Wildman–Crippen MR) is 90.2 cm³/mol. The topological polar surface area (TPSA) is 35.6 Å². The first-order valence-electron chi connectivity index (χ1n) is 8.35. The molecular weight excluding hydrogens is 274 g/mol. The molecule has 0 radical (unpaired) electrons. The van der Waals surface area contributed by atoms with Crippen LogP contribution in [-0.2, 0) is 4.79 Å². The average molecular weight is 301 g/mol. The van der Waals surface area contributed by atoms with Crippen molar-refractivity contribution >= 4 is 11.6 Å². The first-order valence-corrected chi connectivity index (χ1v) is 8.35. The molecule has 2 bridgehead atoms. The Morgan fingerprint density at radius 1 is 1.23 bits per heavy atom. The number of likely N-dealkylation sites (N-methyl/N-ethyl adjacent to an activating group) is 1. The Morgan fingerprint density at radius 3 is 2.82 bits per heavy atom. The van der Waals surface area contributed by atoms with Crippen LogP contribution in [0.4, 0.5) is 5.69 Å². The predicted octanol–water partition coefficient (Wildman–Crippen LogP) is 2.41. The highest BCUT2D eigenvalue weighted by atomic mass is 16.2. The fraction of sp³-hybridized carbons (Fsp3) is 0.611. The molecule has 0 spiro atoms. The van der Waals surface area contributed by atoms with Gasteiger partial charge in [-0.15, -0.1) is 0 Å². The van der Waals surface area contributed by atoms with E-state index >= 15 is 0 Å². The van der Waals surface area contributed by atoms with Crippen molar-refractivity contribution < 1.29 is 4.79 Å². The maximum Gasteiger partial charge on any atom is 0.238 e. The number of rotatable bonds is 3. The van der Waals surface area contributed by atoms with Gasteiger partial charge in [0, 0.05) is 30.9 Å². The normalized spacial score (nSPS) is 26.0. The molecule has 0 saturated carbocycles. The van der Waals surface area contributed by atoms with Crippen molar-refractivity contribution in [3.05, 3.63) is 29.3 Å². The molecule has 2 atom stereocenters. The largest absolute Gasteiger partial charge is 0.325 e. The third kappa shape index (κ3) is 3.18. The maximum atomic E-state index is 12.4. The summed E-state index contributed by atoms with van der Waals surface area (Å²) in [6.07, 6.45) is 3.78. The van der Waals surface area contributed by atoms with Crippen molar-refractivity contribution in [3.63, 3.8) is 0 Å². The molecule has 22 heavy (non-hydrogen) atoms. The summed E-state index contributed by atoms with van der Waals surface area (Å²) in [5.41, 5.74) is 3.32. The van der Waals surface area contributed by atoms with Crippen LogP contribution in [0.5, 0.6) is 0 Å². The number of nitrogens with one attached hydrogen (secondary N) is 1. The van der Waals surface area contributed by atoms with Crippen molar-refractivity contribution in [2.24, 2.45) is 0 Å². The Morgan fingerprint density at radius 2 is 2.00 bits per heavy atom. The lowest BCUT2D eigenvalue weighted by molar-refractivity contribution is -0.117. The first-order chi connectivity index (χ1) is 10.5. The highest BCUT2D eigenvalue weighted by molar-refractivity contribution is 5.93. The number of carbonyl (C=O) groups is 1. The van der Waals surface area contributed by atoms with Gasteiger partial charge in [0.2, 0.25) is 5.91 Å². The molecule has 1 aromatic carbocycles. The molecule has 2 heterocycles. The smallest absolute Gasteiger partial charge is 0.238 e. The van der Waals surface area contributed by atoms with Gasteiger partial charge in [0.1, 0.15) is 0 Å². The molecule has 2 saturated heterocycles. The summed E-state index contributed by atoms with van der Waals surface area (Å²) in [5.74, 6) is 0.106. The highest BCUT2D eigenvalue weighted by Crippen LogP contribution is 2.28. The monoisotopic (exact) mass is 301 g/mol. The molecule has 1 amide bonds. The van der Waals surface area contributed by atoms with Crippen LogP contribution in [0.2, 0.25) is 0 Å². The zero-order valence-electron chi connectivity index (χ0n) is 13.9. The molecule has 4 heteroatoms. The quantitative estimate of drug-likeness (QED) is 0.931. The molecule has 2 aliphatic rings. The van der Waals surface area contributed by atoms with Crippen LogP contribution < -0.4 is 5.32 Å². The Hall–Kier alpha value is -1.39. The fourth-order valence-electron chi connectivity index (χ4n) is 3.80. The molecule has 0 aliphatic carbocycles. The van der Waals surface area contributed by atoms with E-state index in [1.54, 1.807) is 0 Å². The van der Waals surface area contributed by atoms with Crippen LogP contribution in [0.1, 0.15) is 30.4 Å². The molecule has 0 unspecified atom stereocenters. The van der Waals surface area contributed by atoms with Crippen LogP contribution in [0.25, 0.3) is 0 Å². The van der Waals surface area contributed by atoms with Crippen LogP contribution >= 0.6 is 0 Å². The molecule has 4 nitrogen and oxygen atoms in total. The fourth-order valence-corrected chi connectivity index (χ4v) is 3.80. The standard InChI is InChI=1S/C18H27N3O/c1-13-5-4-6-17(14(13)2)19-18(22)12-21-10-9-15-7-8-16(11-21)20(15)3/h4-6,15-16H,7-12H2,1-3H3,(H,19,22)/t15-,16+/m0/s1. The van der Waals surface area contributed by atoms with Gasteiger partial charge in [0.15, 0.2) is 0 Å². The van der Waals surface area contributed by atoms with Crippen molar-refractivity contribution in [1.29, 1.82) is 0 Å². The van der Waals surface area contributed by atoms with Crippen LogP contribution in [0, 0.1) is 13.8 Å². The summed E-state index contributed by atoms with van der Waals surface area (Å²) in [5, 5.41) is 3.08. The number of nitrogens with zero attached hydrogens (tertiary/aromatic N) is 2. The van der Waals surface area contributed by atoms with Crippen molar-refractivity contribution in [3.8, 4) is 0 Å². The zero-order valence-corrected chi connectivity index (χ0v) is 13.9. The van der Waals surface area contributed by atoms with Crippen LogP contribution in [0.3, 0.4) is 0 Å². The minimum Gasteiger partial charge on any atom is -0.325 e. The molecule has 3 rings (SSSR count). The number of aryl methyl sites for hydroxylation is 1. The summed E-state index contributed by atoms with van der Waals surface area (Å²) in [6.45, 7) is 6.69. The van der Waals surface area contributed by atoms with Crippen molar-refractivity contribution in [2.75, 3.05) is 32.0 Å². The number of carbonyl (C=O) groups excluding carboxylic acids is 1. The third-order valence-corrected chi connectivity index (χ3v) is 5.48. The van der Waals surface area contributed by atoms with E-state index in [9.17, 15) is 4.79 Å². The third-order valence-electron chi connectivity index (χ3n) is 5.48. The van der Waals surface area contributed by atoms with Gasteiger partial charge in [-0.25, -0.2) is 0 Å². The number of fused-ring (bicyclic) bond motifs is 2. The van der Waals surface area contributed by atoms with Gasteiger partial charge in [0.25, 0.3) is 0 Å². The van der Waals surface area contributed by atoms with Gasteiger partial charge in [0.05, 0.1) is 6.54 Å². The highest BCUT2D eigenvalue weighted by Gasteiger charge is 2.34. The Balaban J connectivity index is 1.59. The minimum atomic E-state index is 0.106. The Labute approximate surface area is 133 Å². The number of benzene rings is 1. The second kappa shape index (κ2) is 6.39. The molecule has 1 aromatic rings. The minimum absolute atomic E-state index is 0.106. The van der Waals surface area contributed by atoms with Gasteiger partial charge in [-0.3, -0.25) is 14.6 Å². The second-order valence-electron chi connectivity index (χ2n) is 6.87. The van der Waals surface area contributed by atoms with Crippen LogP contribution in [0.15, 0.2) is 18.2 Å². The summed E-state index contributed by atoms with van der Waals surface area (Å²) >= 11 is 0. The number of hydrogen-bond donors (Lipinski definition) is 1. The van der Waals surface area contributed by atoms with Gasteiger partial charge in [-0.2, -0.15) is 0 Å². The summed E-state index contributed by atoms with van der Waals surface area (Å²) in [7, 11) is 2.24. The van der Waals surface area contributed by atoms with Crippen molar-refractivity contribution in [2.45, 2.75) is 45.2 Å². The number of anilines is 1. The second-order valence-corrected chi connectivity index (χ2v) is 6.87. The number of hydrogen-bond acceptors (Lipinski definition) is 3. The lowest BCUT2D eigenvalue weighted by atomic mass is 10.1. The van der Waals surface area contributed by atoms with E-state index in [2.05, 4.69) is 42.1 Å². The molecule has 120 valence electrons. The Kier molecular flexibility index (Phi) is 4.50. The maximum absolute atomic E-state index is 12.4. The molecular formula is C18H27N3O. The number of amides is 1. The lowest BCUT2D eigenvalue weighted by Gasteiger charge is -2.25. The summed E-state index contributed by atoms with van der Waals surface area (Å²) in [4.78, 5) is 17.2. The SMILES string of the molecule is Cc1cccc(NC(=O)CN2CC[C@@H]3CC[C@H](C2)N3C)c1C. The van der Waals surface area contributed by atoms with Gasteiger partial charge in [-0.1, -0.05) is 12.1 Å².